The third kappa shape index (κ3) is 4.42. The standard InChI is InChI=1S/C11H11BrF2N2O4/c1-20-4-9(10(17)18)16-11(19)15-8-3-6(13)5(12)2-7(8)14/h2-3,9H,4H2,1H3,(H,17,18)(H2,15,16,19). The van der Waals surface area contributed by atoms with Gasteiger partial charge in [0.15, 0.2) is 6.04 Å². The fraction of sp³-hybridized carbons (Fsp3) is 0.273. The van der Waals surface area contributed by atoms with Crippen LogP contribution in [-0.4, -0.2) is 36.9 Å². The Morgan fingerprint density at radius 2 is 2.05 bits per heavy atom. The highest BCUT2D eigenvalue weighted by atomic mass is 79.9. The van der Waals surface area contributed by atoms with Crippen molar-refractivity contribution in [3.8, 4) is 0 Å². The van der Waals surface area contributed by atoms with Gasteiger partial charge in [-0.05, 0) is 22.0 Å². The Balaban J connectivity index is 2.75. The molecule has 0 spiro atoms. The van der Waals surface area contributed by atoms with Crippen LogP contribution in [0.5, 0.6) is 0 Å². The fourth-order valence-corrected chi connectivity index (χ4v) is 1.59. The van der Waals surface area contributed by atoms with Crippen molar-refractivity contribution in [2.45, 2.75) is 6.04 Å². The molecule has 2 amide bonds. The second-order valence-corrected chi connectivity index (χ2v) is 4.55. The minimum absolute atomic E-state index is 0.0937. The van der Waals surface area contributed by atoms with Gasteiger partial charge in [0.1, 0.15) is 11.6 Å². The number of methoxy groups -OCH3 is 1. The molecular formula is C11H11BrF2N2O4. The van der Waals surface area contributed by atoms with Gasteiger partial charge >= 0.3 is 12.0 Å². The highest BCUT2D eigenvalue weighted by Crippen LogP contribution is 2.23. The lowest BCUT2D eigenvalue weighted by Gasteiger charge is -2.14. The molecule has 0 aliphatic carbocycles. The summed E-state index contributed by atoms with van der Waals surface area (Å²) in [6, 6.07) is -0.682. The van der Waals surface area contributed by atoms with E-state index in [0.717, 1.165) is 12.1 Å². The Morgan fingerprint density at radius 1 is 1.40 bits per heavy atom. The van der Waals surface area contributed by atoms with E-state index in [4.69, 9.17) is 5.11 Å². The fourth-order valence-electron chi connectivity index (χ4n) is 1.28. The number of aliphatic carboxylic acids is 1. The van der Waals surface area contributed by atoms with Crippen molar-refractivity contribution in [3.05, 3.63) is 28.2 Å². The molecule has 0 aromatic heterocycles. The van der Waals surface area contributed by atoms with Gasteiger partial charge in [-0.1, -0.05) is 0 Å². The highest BCUT2D eigenvalue weighted by Gasteiger charge is 2.20. The van der Waals surface area contributed by atoms with Gasteiger partial charge in [0, 0.05) is 13.2 Å². The number of carbonyl (C=O) groups excluding carboxylic acids is 1. The third-order valence-corrected chi connectivity index (χ3v) is 2.80. The van der Waals surface area contributed by atoms with E-state index < -0.39 is 35.4 Å². The number of urea groups is 1. The number of rotatable bonds is 5. The van der Waals surface area contributed by atoms with E-state index in [-0.39, 0.29) is 11.1 Å². The minimum Gasteiger partial charge on any atom is -0.480 e. The van der Waals surface area contributed by atoms with E-state index in [1.165, 1.54) is 7.11 Å². The number of carboxylic acid groups (broad SMARTS) is 1. The molecular weight excluding hydrogens is 342 g/mol. The Bertz CT molecular complexity index is 527. The number of hydrogen-bond acceptors (Lipinski definition) is 3. The summed E-state index contributed by atoms with van der Waals surface area (Å²) < 4.78 is 31.2. The minimum atomic E-state index is -1.32. The predicted molar refractivity (Wildman–Crippen MR) is 69.5 cm³/mol. The SMILES string of the molecule is COCC(NC(=O)Nc1cc(F)c(Br)cc1F)C(=O)O. The van der Waals surface area contributed by atoms with Gasteiger partial charge in [0.05, 0.1) is 16.8 Å². The number of benzene rings is 1. The summed E-state index contributed by atoms with van der Waals surface area (Å²) in [6.45, 7) is -0.264. The normalized spacial score (nSPS) is 11.8. The number of carboxylic acids is 1. The molecule has 6 nitrogen and oxygen atoms in total. The molecule has 1 aromatic carbocycles. The highest BCUT2D eigenvalue weighted by molar-refractivity contribution is 9.10. The zero-order valence-electron chi connectivity index (χ0n) is 10.2. The number of nitrogens with one attached hydrogen (secondary N) is 2. The maximum Gasteiger partial charge on any atom is 0.328 e. The van der Waals surface area contributed by atoms with E-state index in [1.807, 2.05) is 5.32 Å². The maximum absolute atomic E-state index is 13.5. The number of anilines is 1. The van der Waals surface area contributed by atoms with Crippen molar-refractivity contribution in [1.82, 2.24) is 5.32 Å². The monoisotopic (exact) mass is 352 g/mol. The van der Waals surface area contributed by atoms with Crippen molar-refractivity contribution in [2.75, 3.05) is 19.0 Å². The molecule has 9 heteroatoms. The second kappa shape index (κ2) is 7.15. The van der Waals surface area contributed by atoms with Crippen LogP contribution >= 0.6 is 15.9 Å². The van der Waals surface area contributed by atoms with Gasteiger partial charge in [-0.15, -0.1) is 0 Å². The molecule has 1 aromatic rings. The van der Waals surface area contributed by atoms with Crippen LogP contribution in [0, 0.1) is 11.6 Å². The van der Waals surface area contributed by atoms with Gasteiger partial charge in [-0.2, -0.15) is 0 Å². The molecule has 1 rings (SSSR count). The number of amides is 2. The largest absolute Gasteiger partial charge is 0.480 e. The molecule has 3 N–H and O–H groups in total. The second-order valence-electron chi connectivity index (χ2n) is 3.69. The lowest BCUT2D eigenvalue weighted by molar-refractivity contribution is -0.140. The molecule has 1 unspecified atom stereocenters. The molecule has 0 aliphatic rings. The average Bonchev–Trinajstić information content (AvgIpc) is 2.35. The topological polar surface area (TPSA) is 87.7 Å². The summed E-state index contributed by atoms with van der Waals surface area (Å²) in [4.78, 5) is 22.3. The first kappa shape index (κ1) is 16.3. The Kier molecular flexibility index (Phi) is 5.83. The van der Waals surface area contributed by atoms with Crippen molar-refractivity contribution >= 4 is 33.6 Å². The van der Waals surface area contributed by atoms with E-state index in [2.05, 4.69) is 26.0 Å². The lowest BCUT2D eigenvalue weighted by Crippen LogP contribution is -2.45. The molecule has 110 valence electrons. The molecule has 0 saturated heterocycles. The summed E-state index contributed by atoms with van der Waals surface area (Å²) >= 11 is 2.79. The zero-order chi connectivity index (χ0) is 15.3. The molecule has 0 radical (unpaired) electrons. The number of ether oxygens (including phenoxy) is 1. The maximum atomic E-state index is 13.5. The summed E-state index contributed by atoms with van der Waals surface area (Å²) in [5.41, 5.74) is -0.412. The number of halogens is 3. The molecule has 0 saturated carbocycles. The first-order chi connectivity index (χ1) is 9.35. The van der Waals surface area contributed by atoms with Crippen LogP contribution in [0.25, 0.3) is 0 Å². The Labute approximate surface area is 121 Å². The quantitative estimate of drug-likeness (QED) is 0.706. The first-order valence-electron chi connectivity index (χ1n) is 5.29. The number of hydrogen-bond donors (Lipinski definition) is 3. The summed E-state index contributed by atoms with van der Waals surface area (Å²) in [5.74, 6) is -2.95. The van der Waals surface area contributed by atoms with E-state index in [9.17, 15) is 18.4 Å². The molecule has 0 aliphatic heterocycles. The van der Waals surface area contributed by atoms with Crippen molar-refractivity contribution in [3.63, 3.8) is 0 Å². The smallest absolute Gasteiger partial charge is 0.328 e. The van der Waals surface area contributed by atoms with Crippen LogP contribution in [0.3, 0.4) is 0 Å². The zero-order valence-corrected chi connectivity index (χ0v) is 11.8. The van der Waals surface area contributed by atoms with Crippen LogP contribution in [0.2, 0.25) is 0 Å². The molecule has 20 heavy (non-hydrogen) atoms. The molecule has 0 heterocycles. The Hall–Kier alpha value is -1.74. The van der Waals surface area contributed by atoms with E-state index in [1.54, 1.807) is 0 Å². The van der Waals surface area contributed by atoms with Crippen LogP contribution in [-0.2, 0) is 9.53 Å². The van der Waals surface area contributed by atoms with E-state index >= 15 is 0 Å². The predicted octanol–water partition coefficient (Wildman–Crippen LogP) is 1.95. The third-order valence-electron chi connectivity index (χ3n) is 2.19. The summed E-state index contributed by atoms with van der Waals surface area (Å²) in [6.07, 6.45) is 0. The molecule has 0 bridgehead atoms. The van der Waals surface area contributed by atoms with Gasteiger partial charge < -0.3 is 20.5 Å². The van der Waals surface area contributed by atoms with Crippen molar-refractivity contribution in [2.24, 2.45) is 0 Å². The summed E-state index contributed by atoms with van der Waals surface area (Å²) in [5, 5.41) is 12.9. The van der Waals surface area contributed by atoms with Gasteiger partial charge in [-0.3, -0.25) is 0 Å². The number of carbonyl (C=O) groups is 2. The Morgan fingerprint density at radius 3 is 2.60 bits per heavy atom. The molecule has 0 fully saturated rings. The van der Waals surface area contributed by atoms with Crippen LogP contribution in [0.4, 0.5) is 19.3 Å². The van der Waals surface area contributed by atoms with Crippen molar-refractivity contribution < 1.29 is 28.2 Å². The van der Waals surface area contributed by atoms with Gasteiger partial charge in [0.25, 0.3) is 0 Å². The van der Waals surface area contributed by atoms with Crippen LogP contribution < -0.4 is 10.6 Å². The van der Waals surface area contributed by atoms with E-state index in [0.29, 0.717) is 0 Å². The average molecular weight is 353 g/mol. The lowest BCUT2D eigenvalue weighted by atomic mass is 10.3. The summed E-state index contributed by atoms with van der Waals surface area (Å²) in [7, 11) is 1.26. The first-order valence-corrected chi connectivity index (χ1v) is 6.08. The van der Waals surface area contributed by atoms with Crippen molar-refractivity contribution in [1.29, 1.82) is 0 Å². The van der Waals surface area contributed by atoms with Gasteiger partial charge in [0.2, 0.25) is 0 Å². The molecule has 1 atom stereocenters. The van der Waals surface area contributed by atoms with Crippen LogP contribution in [0.15, 0.2) is 16.6 Å². The van der Waals surface area contributed by atoms with Gasteiger partial charge in [-0.25, -0.2) is 18.4 Å². The van der Waals surface area contributed by atoms with Crippen LogP contribution in [0.1, 0.15) is 0 Å².